The summed E-state index contributed by atoms with van der Waals surface area (Å²) in [4.78, 5) is 10.2. The monoisotopic (exact) mass is 322 g/mol. The smallest absolute Gasteiger partial charge is 0.301 e. The Kier molecular flexibility index (Phi) is 6.51. The standard InChI is InChI=1S/C14H21F3N2OS/c1-5-20-19-8-11-12(14(2,3)4)18-9-21(11)7-6-10(15)13(16)17/h8-9,21H,5-7H2,1-4H3/b19-8+. The number of thiol groups is 1. The molecule has 1 heterocycles. The molecule has 1 atom stereocenters. The number of rotatable bonds is 6. The number of hydrogen-bond donors (Lipinski definition) is 1. The second-order valence-electron chi connectivity index (χ2n) is 5.49. The molecule has 21 heavy (non-hydrogen) atoms. The SMILES string of the molecule is CCO/N=C/C1=C(C(C)(C)C)N=C[SH]1CCC(F)=C(F)F. The van der Waals surface area contributed by atoms with Gasteiger partial charge in [-0.3, -0.25) is 4.99 Å². The van der Waals surface area contributed by atoms with Crippen molar-refractivity contribution in [1.82, 2.24) is 0 Å². The van der Waals surface area contributed by atoms with Crippen LogP contribution in [0.4, 0.5) is 13.2 Å². The van der Waals surface area contributed by atoms with Crippen LogP contribution in [0.1, 0.15) is 34.1 Å². The van der Waals surface area contributed by atoms with E-state index in [2.05, 4.69) is 10.1 Å². The molecule has 0 aromatic heterocycles. The minimum Gasteiger partial charge on any atom is -0.396 e. The van der Waals surface area contributed by atoms with Crippen molar-refractivity contribution in [3.63, 3.8) is 0 Å². The van der Waals surface area contributed by atoms with Crippen molar-refractivity contribution in [2.24, 2.45) is 15.6 Å². The third kappa shape index (κ3) is 5.22. The van der Waals surface area contributed by atoms with Crippen molar-refractivity contribution in [2.45, 2.75) is 34.1 Å². The Morgan fingerprint density at radius 1 is 1.38 bits per heavy atom. The molecule has 0 fully saturated rings. The maximum atomic E-state index is 13.0. The van der Waals surface area contributed by atoms with Crippen molar-refractivity contribution in [3.8, 4) is 0 Å². The maximum Gasteiger partial charge on any atom is 0.301 e. The van der Waals surface area contributed by atoms with Gasteiger partial charge in [0, 0.05) is 22.3 Å². The molecular formula is C14H21F3N2OS. The Hall–Kier alpha value is -1.24. The molecule has 0 bridgehead atoms. The Bertz CT molecular complexity index is 489. The van der Waals surface area contributed by atoms with Crippen LogP contribution in [0.15, 0.2) is 32.7 Å². The summed E-state index contributed by atoms with van der Waals surface area (Å²) in [6.07, 6.45) is -0.953. The Morgan fingerprint density at radius 3 is 2.57 bits per heavy atom. The summed E-state index contributed by atoms with van der Waals surface area (Å²) in [5.74, 6) is -1.06. The average molecular weight is 322 g/mol. The molecule has 120 valence electrons. The molecule has 0 aliphatic carbocycles. The van der Waals surface area contributed by atoms with Crippen LogP contribution in [-0.2, 0) is 4.84 Å². The van der Waals surface area contributed by atoms with Crippen LogP contribution in [-0.4, -0.2) is 24.1 Å². The van der Waals surface area contributed by atoms with Gasteiger partial charge in [-0.2, -0.15) is 19.7 Å². The lowest BCUT2D eigenvalue weighted by atomic mass is 9.92. The minimum atomic E-state index is -2.24. The van der Waals surface area contributed by atoms with E-state index in [-0.39, 0.29) is 17.6 Å². The highest BCUT2D eigenvalue weighted by Gasteiger charge is 2.27. The van der Waals surface area contributed by atoms with Crippen molar-refractivity contribution in [2.75, 3.05) is 12.4 Å². The van der Waals surface area contributed by atoms with E-state index in [1.165, 1.54) is 0 Å². The summed E-state index contributed by atoms with van der Waals surface area (Å²) >= 11 is 0. The summed E-state index contributed by atoms with van der Waals surface area (Å²) in [5, 5.41) is 3.85. The average Bonchev–Trinajstić information content (AvgIpc) is 2.79. The van der Waals surface area contributed by atoms with Crippen molar-refractivity contribution in [3.05, 3.63) is 22.5 Å². The van der Waals surface area contributed by atoms with Gasteiger partial charge in [-0.05, 0) is 12.7 Å². The number of hydrogen-bond acceptors (Lipinski definition) is 3. The summed E-state index contributed by atoms with van der Waals surface area (Å²) in [7, 11) is -0.935. The van der Waals surface area contributed by atoms with Crippen LogP contribution < -0.4 is 0 Å². The van der Waals surface area contributed by atoms with Crippen molar-refractivity contribution in [1.29, 1.82) is 0 Å². The molecular weight excluding hydrogens is 301 g/mol. The summed E-state index contributed by atoms with van der Waals surface area (Å²) in [6, 6.07) is 0. The van der Waals surface area contributed by atoms with Gasteiger partial charge in [0.2, 0.25) is 0 Å². The van der Waals surface area contributed by atoms with Gasteiger partial charge in [-0.15, -0.1) is 0 Å². The highest BCUT2D eigenvalue weighted by atomic mass is 32.2. The van der Waals surface area contributed by atoms with Crippen LogP contribution in [0, 0.1) is 5.41 Å². The molecule has 0 spiro atoms. The highest BCUT2D eigenvalue weighted by molar-refractivity contribution is 8.32. The normalized spacial score (nSPS) is 20.4. The molecule has 7 heteroatoms. The molecule has 0 amide bonds. The minimum absolute atomic E-state index is 0.194. The predicted molar refractivity (Wildman–Crippen MR) is 83.9 cm³/mol. The zero-order valence-electron chi connectivity index (χ0n) is 12.7. The topological polar surface area (TPSA) is 34.0 Å². The van der Waals surface area contributed by atoms with E-state index in [0.29, 0.717) is 6.61 Å². The Balaban J connectivity index is 2.92. The molecule has 0 aromatic carbocycles. The number of allylic oxidation sites excluding steroid dienone is 3. The van der Waals surface area contributed by atoms with Crippen molar-refractivity contribution < 1.29 is 18.0 Å². The Labute approximate surface area is 126 Å². The predicted octanol–water partition coefficient (Wildman–Crippen LogP) is 4.78. The third-order valence-corrected chi connectivity index (χ3v) is 4.79. The quantitative estimate of drug-likeness (QED) is 0.426. The van der Waals surface area contributed by atoms with Crippen LogP contribution in [0.2, 0.25) is 0 Å². The van der Waals surface area contributed by atoms with Gasteiger partial charge in [0.1, 0.15) is 6.61 Å². The van der Waals surface area contributed by atoms with Crippen LogP contribution in [0.5, 0.6) is 0 Å². The summed E-state index contributed by atoms with van der Waals surface area (Å²) < 4.78 is 37.2. The zero-order valence-corrected chi connectivity index (χ0v) is 13.6. The molecule has 0 saturated heterocycles. The number of oxime groups is 1. The maximum absolute atomic E-state index is 13.0. The second kappa shape index (κ2) is 7.68. The fourth-order valence-corrected chi connectivity index (χ4v) is 3.79. The Morgan fingerprint density at radius 2 is 2.05 bits per heavy atom. The molecule has 0 N–H and O–H groups in total. The van der Waals surface area contributed by atoms with Crippen LogP contribution in [0.3, 0.4) is 0 Å². The van der Waals surface area contributed by atoms with E-state index in [0.717, 1.165) is 10.6 Å². The zero-order chi connectivity index (χ0) is 16.0. The van der Waals surface area contributed by atoms with Gasteiger partial charge in [0.15, 0.2) is 5.83 Å². The first-order valence-corrected chi connectivity index (χ1v) is 8.27. The lowest BCUT2D eigenvalue weighted by Crippen LogP contribution is -2.09. The van der Waals surface area contributed by atoms with Gasteiger partial charge in [0.05, 0.1) is 11.9 Å². The molecule has 1 aliphatic heterocycles. The fourth-order valence-electron chi connectivity index (χ4n) is 1.76. The second-order valence-corrected chi connectivity index (χ2v) is 7.59. The molecule has 0 saturated carbocycles. The van der Waals surface area contributed by atoms with E-state index in [4.69, 9.17) is 4.84 Å². The summed E-state index contributed by atoms with van der Waals surface area (Å²) in [6.45, 7) is 8.28. The lowest BCUT2D eigenvalue weighted by molar-refractivity contribution is 0.160. The van der Waals surface area contributed by atoms with Crippen molar-refractivity contribution >= 4 is 22.7 Å². The largest absolute Gasteiger partial charge is 0.396 e. The third-order valence-electron chi connectivity index (χ3n) is 2.74. The molecule has 0 aromatic rings. The van der Waals surface area contributed by atoms with Crippen LogP contribution in [0.25, 0.3) is 0 Å². The molecule has 0 radical (unpaired) electrons. The van der Waals surface area contributed by atoms with E-state index in [1.54, 1.807) is 11.8 Å². The van der Waals surface area contributed by atoms with Gasteiger partial charge in [-0.25, -0.2) is 4.39 Å². The number of aliphatic imine (C=N–C) groups is 1. The highest BCUT2D eigenvalue weighted by Crippen LogP contribution is 2.46. The first-order chi connectivity index (χ1) is 9.77. The molecule has 1 rings (SSSR count). The first kappa shape index (κ1) is 17.8. The van der Waals surface area contributed by atoms with Crippen LogP contribution >= 0.6 is 10.9 Å². The lowest BCUT2D eigenvalue weighted by Gasteiger charge is -2.21. The van der Waals surface area contributed by atoms with E-state index in [1.807, 2.05) is 27.7 Å². The number of halogens is 3. The fraction of sp³-hybridized carbons (Fsp3) is 0.571. The van der Waals surface area contributed by atoms with E-state index < -0.39 is 22.8 Å². The van der Waals surface area contributed by atoms with E-state index in [9.17, 15) is 13.2 Å². The molecule has 3 nitrogen and oxygen atoms in total. The number of nitrogens with zero attached hydrogens (tertiary/aromatic N) is 2. The van der Waals surface area contributed by atoms with Gasteiger partial charge >= 0.3 is 6.08 Å². The summed E-state index contributed by atoms with van der Waals surface area (Å²) in [5.41, 5.74) is 2.38. The van der Waals surface area contributed by atoms with Gasteiger partial charge in [0.25, 0.3) is 0 Å². The van der Waals surface area contributed by atoms with Gasteiger partial charge in [-0.1, -0.05) is 25.9 Å². The first-order valence-electron chi connectivity index (χ1n) is 6.68. The molecule has 1 aliphatic rings. The van der Waals surface area contributed by atoms with E-state index >= 15 is 0 Å². The molecule has 1 unspecified atom stereocenters. The van der Waals surface area contributed by atoms with Gasteiger partial charge < -0.3 is 4.84 Å².